The maximum absolute atomic E-state index is 12.0. The monoisotopic (exact) mass is 275 g/mol. The number of hydrogen-bond donors (Lipinski definition) is 2. The highest BCUT2D eigenvalue weighted by atomic mass is 16.4. The van der Waals surface area contributed by atoms with Gasteiger partial charge in [-0.1, -0.05) is 0 Å². The van der Waals surface area contributed by atoms with Crippen LogP contribution in [0.4, 0.5) is 0 Å². The van der Waals surface area contributed by atoms with Crippen molar-refractivity contribution >= 4 is 17.5 Å². The first kappa shape index (κ1) is 14.0. The Kier molecular flexibility index (Phi) is 3.48. The van der Waals surface area contributed by atoms with E-state index in [0.717, 1.165) is 5.56 Å². The second-order valence-electron chi connectivity index (χ2n) is 5.47. The van der Waals surface area contributed by atoms with Crippen LogP contribution >= 0.6 is 0 Å². The lowest BCUT2D eigenvalue weighted by Gasteiger charge is -2.18. The van der Waals surface area contributed by atoms with Crippen LogP contribution in [0.5, 0.6) is 0 Å². The highest BCUT2D eigenvalue weighted by Gasteiger charge is 2.28. The van der Waals surface area contributed by atoms with E-state index < -0.39 is 11.4 Å². The second-order valence-corrected chi connectivity index (χ2v) is 5.47. The predicted octanol–water partition coefficient (Wildman–Crippen LogP) is 1.48. The van der Waals surface area contributed by atoms with Crippen molar-refractivity contribution in [2.75, 3.05) is 6.54 Å². The van der Waals surface area contributed by atoms with E-state index in [2.05, 4.69) is 10.3 Å². The summed E-state index contributed by atoms with van der Waals surface area (Å²) in [6.07, 6.45) is 3.45. The van der Waals surface area contributed by atoms with Crippen LogP contribution in [0.3, 0.4) is 0 Å². The van der Waals surface area contributed by atoms with Gasteiger partial charge in [0.15, 0.2) is 0 Å². The van der Waals surface area contributed by atoms with Crippen molar-refractivity contribution in [1.82, 2.24) is 14.7 Å². The smallest absolute Gasteiger partial charge is 0.310 e. The van der Waals surface area contributed by atoms with Gasteiger partial charge < -0.3 is 14.8 Å². The van der Waals surface area contributed by atoms with Gasteiger partial charge in [0, 0.05) is 18.9 Å². The lowest BCUT2D eigenvalue weighted by Crippen LogP contribution is -2.39. The van der Waals surface area contributed by atoms with E-state index in [1.54, 1.807) is 24.4 Å². The van der Waals surface area contributed by atoms with Gasteiger partial charge in [-0.2, -0.15) is 0 Å². The lowest BCUT2D eigenvalue weighted by molar-refractivity contribution is -0.146. The van der Waals surface area contributed by atoms with Crippen molar-refractivity contribution in [1.29, 1.82) is 0 Å². The van der Waals surface area contributed by atoms with Gasteiger partial charge in [-0.05, 0) is 38.5 Å². The van der Waals surface area contributed by atoms with Crippen LogP contribution in [0.25, 0.3) is 5.65 Å². The van der Waals surface area contributed by atoms with Crippen molar-refractivity contribution in [3.05, 3.63) is 35.8 Å². The topological polar surface area (TPSA) is 83.7 Å². The van der Waals surface area contributed by atoms with E-state index in [4.69, 9.17) is 5.11 Å². The summed E-state index contributed by atoms with van der Waals surface area (Å²) in [5.74, 6) is -1.33. The number of aryl methyl sites for hydroxylation is 1. The molecule has 0 saturated carbocycles. The normalized spacial score (nSPS) is 11.6. The quantitative estimate of drug-likeness (QED) is 0.885. The van der Waals surface area contributed by atoms with Gasteiger partial charge >= 0.3 is 5.97 Å². The molecule has 0 bridgehead atoms. The zero-order valence-electron chi connectivity index (χ0n) is 11.7. The minimum Gasteiger partial charge on any atom is -0.481 e. The van der Waals surface area contributed by atoms with Crippen LogP contribution in [0.2, 0.25) is 0 Å². The van der Waals surface area contributed by atoms with Crippen molar-refractivity contribution in [2.24, 2.45) is 5.41 Å². The number of carbonyl (C=O) groups excluding carboxylic acids is 1. The molecule has 0 unspecified atom stereocenters. The van der Waals surface area contributed by atoms with Crippen LogP contribution in [0, 0.1) is 12.3 Å². The molecule has 0 aliphatic heterocycles. The Hall–Kier alpha value is -2.37. The first-order valence-corrected chi connectivity index (χ1v) is 6.26. The number of rotatable bonds is 4. The maximum atomic E-state index is 12.0. The van der Waals surface area contributed by atoms with Crippen LogP contribution < -0.4 is 5.32 Å². The highest BCUT2D eigenvalue weighted by molar-refractivity contribution is 5.93. The van der Waals surface area contributed by atoms with E-state index in [9.17, 15) is 9.59 Å². The summed E-state index contributed by atoms with van der Waals surface area (Å²) in [7, 11) is 0. The van der Waals surface area contributed by atoms with Crippen LogP contribution in [0.15, 0.2) is 24.5 Å². The number of carbonyl (C=O) groups is 2. The largest absolute Gasteiger partial charge is 0.481 e. The minimum atomic E-state index is -1.01. The van der Waals surface area contributed by atoms with E-state index >= 15 is 0 Å². The van der Waals surface area contributed by atoms with Crippen molar-refractivity contribution in [2.45, 2.75) is 20.8 Å². The fourth-order valence-corrected chi connectivity index (χ4v) is 1.66. The SMILES string of the molecule is Cc1ccn2cc(C(=O)NCC(C)(C)C(=O)O)nc2c1. The van der Waals surface area contributed by atoms with Crippen molar-refractivity contribution < 1.29 is 14.7 Å². The van der Waals surface area contributed by atoms with Crippen LogP contribution in [-0.2, 0) is 4.79 Å². The molecule has 6 nitrogen and oxygen atoms in total. The molecule has 0 spiro atoms. The number of amides is 1. The van der Waals surface area contributed by atoms with Gasteiger partial charge in [-0.25, -0.2) is 4.98 Å². The molecule has 2 rings (SSSR count). The molecule has 0 aliphatic carbocycles. The molecule has 0 radical (unpaired) electrons. The molecule has 2 heterocycles. The fraction of sp³-hybridized carbons (Fsp3) is 0.357. The van der Waals surface area contributed by atoms with Crippen molar-refractivity contribution in [3.8, 4) is 0 Å². The predicted molar refractivity (Wildman–Crippen MR) is 73.7 cm³/mol. The molecular formula is C14H17N3O3. The number of carboxylic acid groups (broad SMARTS) is 1. The average Bonchev–Trinajstić information content (AvgIpc) is 2.78. The molecule has 2 aromatic rings. The Balaban J connectivity index is 2.14. The van der Waals surface area contributed by atoms with Gasteiger partial charge in [0.2, 0.25) is 0 Å². The molecule has 0 saturated heterocycles. The zero-order valence-corrected chi connectivity index (χ0v) is 11.7. The molecule has 6 heteroatoms. The van der Waals surface area contributed by atoms with E-state index in [0.29, 0.717) is 5.65 Å². The third-order valence-electron chi connectivity index (χ3n) is 3.12. The molecular weight excluding hydrogens is 258 g/mol. The van der Waals surface area contributed by atoms with E-state index in [1.807, 2.05) is 25.3 Å². The number of imidazole rings is 1. The Bertz CT molecular complexity index is 673. The Morgan fingerprint density at radius 3 is 2.80 bits per heavy atom. The third kappa shape index (κ3) is 2.79. The fourth-order valence-electron chi connectivity index (χ4n) is 1.66. The number of fused-ring (bicyclic) bond motifs is 1. The van der Waals surface area contributed by atoms with Gasteiger partial charge in [0.25, 0.3) is 5.91 Å². The molecule has 1 amide bonds. The van der Waals surface area contributed by atoms with Gasteiger partial charge in [0.1, 0.15) is 11.3 Å². The van der Waals surface area contributed by atoms with Gasteiger partial charge in [-0.15, -0.1) is 0 Å². The molecule has 0 atom stereocenters. The molecule has 2 aromatic heterocycles. The number of nitrogens with one attached hydrogen (secondary N) is 1. The van der Waals surface area contributed by atoms with Gasteiger partial charge in [0.05, 0.1) is 5.41 Å². The van der Waals surface area contributed by atoms with Crippen molar-refractivity contribution in [3.63, 3.8) is 0 Å². The molecule has 0 aromatic carbocycles. The molecule has 2 N–H and O–H groups in total. The summed E-state index contributed by atoms with van der Waals surface area (Å²) in [5.41, 5.74) is 1.01. The standard InChI is InChI=1S/C14H17N3O3/c1-9-4-5-17-7-10(16-11(17)6-9)12(18)15-8-14(2,3)13(19)20/h4-7H,8H2,1-3H3,(H,15,18)(H,19,20). The minimum absolute atomic E-state index is 0.0497. The summed E-state index contributed by atoms with van der Waals surface area (Å²) < 4.78 is 1.75. The Morgan fingerprint density at radius 1 is 1.45 bits per heavy atom. The number of carboxylic acids is 1. The number of nitrogens with zero attached hydrogens (tertiary/aromatic N) is 2. The summed E-state index contributed by atoms with van der Waals surface area (Å²) in [6.45, 7) is 5.11. The Labute approximate surface area is 116 Å². The maximum Gasteiger partial charge on any atom is 0.310 e. The Morgan fingerprint density at radius 2 is 2.15 bits per heavy atom. The molecule has 0 fully saturated rings. The van der Waals surface area contributed by atoms with E-state index in [1.165, 1.54) is 0 Å². The summed E-state index contributed by atoms with van der Waals surface area (Å²) in [6, 6.07) is 3.79. The second kappa shape index (κ2) is 4.96. The summed E-state index contributed by atoms with van der Waals surface area (Å²) >= 11 is 0. The third-order valence-corrected chi connectivity index (χ3v) is 3.12. The summed E-state index contributed by atoms with van der Waals surface area (Å²) in [4.78, 5) is 27.2. The first-order chi connectivity index (χ1) is 9.29. The van der Waals surface area contributed by atoms with E-state index in [-0.39, 0.29) is 18.1 Å². The molecule has 106 valence electrons. The molecule has 0 aliphatic rings. The van der Waals surface area contributed by atoms with Crippen LogP contribution in [-0.4, -0.2) is 32.9 Å². The number of aliphatic carboxylic acids is 1. The zero-order chi connectivity index (χ0) is 14.9. The van der Waals surface area contributed by atoms with Gasteiger partial charge in [-0.3, -0.25) is 9.59 Å². The number of hydrogen-bond acceptors (Lipinski definition) is 3. The van der Waals surface area contributed by atoms with Crippen LogP contribution in [0.1, 0.15) is 29.9 Å². The molecule has 20 heavy (non-hydrogen) atoms. The number of aromatic nitrogens is 2. The number of pyridine rings is 1. The lowest BCUT2D eigenvalue weighted by atomic mass is 9.94. The first-order valence-electron chi connectivity index (χ1n) is 6.26. The highest BCUT2D eigenvalue weighted by Crippen LogP contribution is 2.14. The average molecular weight is 275 g/mol. The summed E-state index contributed by atoms with van der Waals surface area (Å²) in [5, 5.41) is 11.6.